The first-order chi connectivity index (χ1) is 9.87. The third kappa shape index (κ3) is 5.27. The molecule has 1 aliphatic heterocycles. The number of likely N-dealkylation sites (tertiary alicyclic amines) is 1. The van der Waals surface area contributed by atoms with Crippen LogP contribution in [0.4, 0.5) is 13.2 Å². The highest BCUT2D eigenvalue weighted by Crippen LogP contribution is 2.25. The highest BCUT2D eigenvalue weighted by Gasteiger charge is 2.34. The molecule has 2 unspecified atom stereocenters. The third-order valence-corrected chi connectivity index (χ3v) is 5.36. The van der Waals surface area contributed by atoms with E-state index in [9.17, 15) is 13.2 Å². The lowest BCUT2D eigenvalue weighted by Crippen LogP contribution is -2.34. The number of aryl methyl sites for hydroxylation is 1. The van der Waals surface area contributed by atoms with Crippen LogP contribution in [0.25, 0.3) is 0 Å². The fourth-order valence-corrected chi connectivity index (χ4v) is 3.72. The van der Waals surface area contributed by atoms with Crippen LogP contribution in [0.15, 0.2) is 12.1 Å². The molecule has 120 valence electrons. The van der Waals surface area contributed by atoms with E-state index in [0.717, 1.165) is 19.4 Å². The summed E-state index contributed by atoms with van der Waals surface area (Å²) >= 11 is 1.81. The summed E-state index contributed by atoms with van der Waals surface area (Å²) in [6.07, 6.45) is -2.18. The molecule has 0 amide bonds. The molecule has 6 heteroatoms. The van der Waals surface area contributed by atoms with Gasteiger partial charge in [-0.2, -0.15) is 13.2 Å². The van der Waals surface area contributed by atoms with E-state index in [0.29, 0.717) is 19.0 Å². The van der Waals surface area contributed by atoms with Crippen LogP contribution < -0.4 is 5.32 Å². The predicted octanol–water partition coefficient (Wildman–Crippen LogP) is 3.85. The fraction of sp³-hybridized carbons (Fsp3) is 0.733. The van der Waals surface area contributed by atoms with E-state index in [1.165, 1.54) is 14.7 Å². The van der Waals surface area contributed by atoms with E-state index >= 15 is 0 Å². The Bertz CT molecular complexity index is 444. The number of alkyl halides is 3. The van der Waals surface area contributed by atoms with Crippen molar-refractivity contribution >= 4 is 11.3 Å². The zero-order valence-electron chi connectivity index (χ0n) is 12.5. The highest BCUT2D eigenvalue weighted by molar-refractivity contribution is 7.12. The van der Waals surface area contributed by atoms with Crippen LogP contribution in [0.5, 0.6) is 0 Å². The maximum Gasteiger partial charge on any atom is 0.401 e. The largest absolute Gasteiger partial charge is 0.401 e. The fourth-order valence-electron chi connectivity index (χ4n) is 2.74. The van der Waals surface area contributed by atoms with Gasteiger partial charge < -0.3 is 5.32 Å². The third-order valence-electron chi connectivity index (χ3n) is 3.94. The normalized spacial score (nSPS) is 21.9. The minimum Gasteiger partial charge on any atom is -0.309 e. The average molecular weight is 320 g/mol. The summed E-state index contributed by atoms with van der Waals surface area (Å²) < 4.78 is 37.0. The van der Waals surface area contributed by atoms with E-state index in [-0.39, 0.29) is 6.04 Å². The Morgan fingerprint density at radius 1 is 1.43 bits per heavy atom. The second-order valence-corrected chi connectivity index (χ2v) is 6.99. The van der Waals surface area contributed by atoms with E-state index in [4.69, 9.17) is 0 Å². The van der Waals surface area contributed by atoms with Gasteiger partial charge in [-0.25, -0.2) is 0 Å². The summed E-state index contributed by atoms with van der Waals surface area (Å²) in [5.41, 5.74) is 0. The molecule has 2 nitrogen and oxygen atoms in total. The summed E-state index contributed by atoms with van der Waals surface area (Å²) in [6.45, 7) is 5.37. The molecule has 0 spiro atoms. The Balaban J connectivity index is 1.74. The Hall–Kier alpha value is -0.590. The van der Waals surface area contributed by atoms with Gasteiger partial charge in [0.25, 0.3) is 0 Å². The number of halogens is 3. The Kier molecular flexibility index (Phi) is 5.68. The second kappa shape index (κ2) is 7.11. The molecule has 1 aromatic heterocycles. The lowest BCUT2D eigenvalue weighted by Gasteiger charge is -2.19. The van der Waals surface area contributed by atoms with Gasteiger partial charge >= 0.3 is 6.18 Å². The maximum absolute atomic E-state index is 12.3. The van der Waals surface area contributed by atoms with Gasteiger partial charge in [0.2, 0.25) is 0 Å². The molecule has 0 bridgehead atoms. The number of hydrogen-bond donors (Lipinski definition) is 1. The second-order valence-electron chi connectivity index (χ2n) is 5.79. The smallest absolute Gasteiger partial charge is 0.309 e. The van der Waals surface area contributed by atoms with Crippen LogP contribution in [-0.4, -0.2) is 37.3 Å². The molecule has 1 aliphatic rings. The number of thiophene rings is 1. The monoisotopic (exact) mass is 320 g/mol. The van der Waals surface area contributed by atoms with Gasteiger partial charge in [-0.1, -0.05) is 6.92 Å². The van der Waals surface area contributed by atoms with E-state index < -0.39 is 12.7 Å². The number of nitrogens with zero attached hydrogens (tertiary/aromatic N) is 1. The summed E-state index contributed by atoms with van der Waals surface area (Å²) in [4.78, 5) is 4.19. The molecule has 1 N–H and O–H groups in total. The standard InChI is InChI=1S/C15H23F3N2S/c1-3-13-4-5-14(21-13)11(2)19-8-12-6-7-20(9-12)10-15(16,17)18/h4-5,11-12,19H,3,6-10H2,1-2H3. The zero-order valence-corrected chi connectivity index (χ0v) is 13.4. The highest BCUT2D eigenvalue weighted by atomic mass is 32.1. The van der Waals surface area contributed by atoms with Crippen molar-refractivity contribution in [2.75, 3.05) is 26.2 Å². The molecule has 1 aromatic rings. The lowest BCUT2D eigenvalue weighted by molar-refractivity contribution is -0.143. The van der Waals surface area contributed by atoms with Gasteiger partial charge in [-0.3, -0.25) is 4.90 Å². The Morgan fingerprint density at radius 2 is 2.19 bits per heavy atom. The SMILES string of the molecule is CCc1ccc(C(C)NCC2CCN(CC(F)(F)F)C2)s1. The minimum atomic E-state index is -4.08. The first-order valence-corrected chi connectivity index (χ1v) is 8.30. The molecule has 1 fully saturated rings. The van der Waals surface area contributed by atoms with Gasteiger partial charge in [0, 0.05) is 22.3 Å². The first kappa shape index (κ1) is 16.8. The van der Waals surface area contributed by atoms with Crippen LogP contribution in [0.1, 0.15) is 36.1 Å². The van der Waals surface area contributed by atoms with Crippen LogP contribution in [0.2, 0.25) is 0 Å². The van der Waals surface area contributed by atoms with Crippen molar-refractivity contribution in [3.63, 3.8) is 0 Å². The summed E-state index contributed by atoms with van der Waals surface area (Å²) in [5.74, 6) is 0.320. The van der Waals surface area contributed by atoms with Gasteiger partial charge in [-0.05, 0) is 50.9 Å². The van der Waals surface area contributed by atoms with Crippen LogP contribution >= 0.6 is 11.3 Å². The number of nitrogens with one attached hydrogen (secondary N) is 1. The summed E-state index contributed by atoms with van der Waals surface area (Å²) in [7, 11) is 0. The van der Waals surface area contributed by atoms with Crippen LogP contribution in [0, 0.1) is 5.92 Å². The molecule has 21 heavy (non-hydrogen) atoms. The molecule has 2 rings (SSSR count). The molecule has 0 aliphatic carbocycles. The van der Waals surface area contributed by atoms with Crippen molar-refractivity contribution in [3.05, 3.63) is 21.9 Å². The van der Waals surface area contributed by atoms with E-state index in [1.807, 2.05) is 11.3 Å². The van der Waals surface area contributed by atoms with Gasteiger partial charge in [0.15, 0.2) is 0 Å². The van der Waals surface area contributed by atoms with E-state index in [1.54, 1.807) is 0 Å². The Labute approximate surface area is 128 Å². The van der Waals surface area contributed by atoms with Crippen LogP contribution in [-0.2, 0) is 6.42 Å². The van der Waals surface area contributed by atoms with Crippen LogP contribution in [0.3, 0.4) is 0 Å². The lowest BCUT2D eigenvalue weighted by atomic mass is 10.1. The zero-order chi connectivity index (χ0) is 15.5. The maximum atomic E-state index is 12.3. The molecular weight excluding hydrogens is 297 g/mol. The van der Waals surface area contributed by atoms with Crippen molar-refractivity contribution in [3.8, 4) is 0 Å². The quantitative estimate of drug-likeness (QED) is 0.856. The van der Waals surface area contributed by atoms with Crippen molar-refractivity contribution < 1.29 is 13.2 Å². The summed E-state index contributed by atoms with van der Waals surface area (Å²) in [5, 5.41) is 3.46. The predicted molar refractivity (Wildman–Crippen MR) is 80.7 cm³/mol. The van der Waals surface area contributed by atoms with Crippen molar-refractivity contribution in [1.29, 1.82) is 0 Å². The van der Waals surface area contributed by atoms with Gasteiger partial charge in [0.1, 0.15) is 0 Å². The van der Waals surface area contributed by atoms with Gasteiger partial charge in [0.05, 0.1) is 6.54 Å². The molecule has 0 aromatic carbocycles. The topological polar surface area (TPSA) is 15.3 Å². The van der Waals surface area contributed by atoms with Gasteiger partial charge in [-0.15, -0.1) is 11.3 Å². The van der Waals surface area contributed by atoms with E-state index in [2.05, 4.69) is 31.3 Å². The number of rotatable bonds is 6. The molecule has 0 saturated carbocycles. The Morgan fingerprint density at radius 3 is 2.81 bits per heavy atom. The molecule has 1 saturated heterocycles. The van der Waals surface area contributed by atoms with Crippen molar-refractivity contribution in [2.45, 2.75) is 38.9 Å². The summed E-state index contributed by atoms with van der Waals surface area (Å²) in [6, 6.07) is 4.57. The molecule has 2 atom stereocenters. The molecule has 0 radical (unpaired) electrons. The molecule has 2 heterocycles. The number of hydrogen-bond acceptors (Lipinski definition) is 3. The van der Waals surface area contributed by atoms with Crippen molar-refractivity contribution in [1.82, 2.24) is 10.2 Å². The average Bonchev–Trinajstić information content (AvgIpc) is 3.02. The minimum absolute atomic E-state index is 0.270. The molecular formula is C15H23F3N2S. The van der Waals surface area contributed by atoms with Crippen molar-refractivity contribution in [2.24, 2.45) is 5.92 Å². The first-order valence-electron chi connectivity index (χ1n) is 7.48.